The number of hydrogen-bond acceptors (Lipinski definition) is 3. The molecule has 1 aliphatic rings. The van der Waals surface area contributed by atoms with Crippen molar-refractivity contribution in [3.63, 3.8) is 0 Å². The van der Waals surface area contributed by atoms with E-state index in [0.717, 1.165) is 0 Å². The van der Waals surface area contributed by atoms with Crippen molar-refractivity contribution in [3.05, 3.63) is 12.4 Å². The summed E-state index contributed by atoms with van der Waals surface area (Å²) in [6, 6.07) is 0. The Hall–Kier alpha value is -0.990. The lowest BCUT2D eigenvalue weighted by molar-refractivity contribution is 0.794. The van der Waals surface area contributed by atoms with Gasteiger partial charge in [0.2, 0.25) is 0 Å². The van der Waals surface area contributed by atoms with Gasteiger partial charge in [0.25, 0.3) is 0 Å². The fraction of sp³-hybridized carbons (Fsp3) is 0. The molecule has 0 aromatic rings. The van der Waals surface area contributed by atoms with Gasteiger partial charge >= 0.3 is 0 Å². The lowest BCUT2D eigenvalue weighted by Gasteiger charge is -1.96. The third kappa shape index (κ3) is 0.484. The summed E-state index contributed by atoms with van der Waals surface area (Å²) >= 11 is 0. The second kappa shape index (κ2) is 1.45. The normalized spacial score (nSPS) is 16.0. The van der Waals surface area contributed by atoms with Gasteiger partial charge in [-0.05, 0) is 0 Å². The van der Waals surface area contributed by atoms with Crippen LogP contribution in [0.25, 0.3) is 0 Å². The molecule has 3 nitrogen and oxygen atoms in total. The molecule has 0 aliphatic carbocycles. The van der Waals surface area contributed by atoms with Crippen LogP contribution in [0.2, 0.25) is 0 Å². The van der Waals surface area contributed by atoms with Crippen LogP contribution in [0.15, 0.2) is 11.2 Å². The van der Waals surface area contributed by atoms with Gasteiger partial charge in [0.05, 0.1) is 12.4 Å². The molecule has 0 unspecified atom stereocenters. The maximum atomic E-state index is 3.64. The Balaban J connectivity index is 2.46. The highest BCUT2D eigenvalue weighted by Crippen LogP contribution is 1.67. The highest BCUT2D eigenvalue weighted by molar-refractivity contribution is 5.55. The predicted molar refractivity (Wildman–Crippen MR) is 22.6 cm³/mol. The molecule has 1 rings (SSSR count). The zero-order valence-electron chi connectivity index (χ0n) is 3.10. The molecule has 0 saturated carbocycles. The van der Waals surface area contributed by atoms with Gasteiger partial charge in [0.15, 0.2) is 0 Å². The topological polar surface area (TPSA) is 36.4 Å². The molecule has 1 radical (unpaired) electrons. The molecule has 2 N–H and O–H groups in total. The van der Waals surface area contributed by atoms with E-state index in [1.807, 2.05) is 0 Å². The smallest absolute Gasteiger partial charge is 0.106 e. The minimum Gasteiger partial charge on any atom is -0.296 e. The van der Waals surface area contributed by atoms with Crippen LogP contribution in [0, 0.1) is 6.20 Å². The fourth-order valence-corrected chi connectivity index (χ4v) is 0.218. The van der Waals surface area contributed by atoms with Gasteiger partial charge in [-0.2, -0.15) is 0 Å². The first-order valence-corrected chi connectivity index (χ1v) is 1.59. The number of nitrogens with zero attached hydrogens (tertiary/aromatic N) is 1. The van der Waals surface area contributed by atoms with Crippen molar-refractivity contribution >= 4 is 6.34 Å². The Bertz CT molecular complexity index is 72.0. The van der Waals surface area contributed by atoms with Gasteiger partial charge < -0.3 is 0 Å². The Labute approximate surface area is 35.7 Å². The molecule has 6 heavy (non-hydrogen) atoms. The minimum absolute atomic E-state index is 1.54. The zero-order chi connectivity index (χ0) is 4.24. The molecule has 1 aliphatic heterocycles. The summed E-state index contributed by atoms with van der Waals surface area (Å²) in [5.41, 5.74) is 5.18. The van der Waals surface area contributed by atoms with Crippen LogP contribution in [0.4, 0.5) is 0 Å². The van der Waals surface area contributed by atoms with Crippen molar-refractivity contribution in [2.24, 2.45) is 4.99 Å². The summed E-state index contributed by atoms with van der Waals surface area (Å²) in [5, 5.41) is 0. The van der Waals surface area contributed by atoms with Crippen LogP contribution in [-0.4, -0.2) is 6.34 Å². The first-order valence-electron chi connectivity index (χ1n) is 1.59. The predicted octanol–water partition coefficient (Wildman–Crippen LogP) is -0.603. The molecular weight excluding hydrogens is 78.1 g/mol. The molecule has 0 saturated heterocycles. The Morgan fingerprint density at radius 2 is 2.67 bits per heavy atom. The highest BCUT2D eigenvalue weighted by Gasteiger charge is 1.72. The summed E-state index contributed by atoms with van der Waals surface area (Å²) in [7, 11) is 0. The van der Waals surface area contributed by atoms with Crippen LogP contribution in [0.1, 0.15) is 0 Å². The summed E-state index contributed by atoms with van der Waals surface area (Å²) in [5.74, 6) is 0. The third-order valence-corrected chi connectivity index (χ3v) is 0.423. The number of rotatable bonds is 0. The Morgan fingerprint density at radius 1 is 1.67 bits per heavy atom. The number of nitrogens with one attached hydrogen (secondary N) is 2. The second-order valence-electron chi connectivity index (χ2n) is 0.821. The van der Waals surface area contributed by atoms with Crippen LogP contribution >= 0.6 is 0 Å². The van der Waals surface area contributed by atoms with Gasteiger partial charge in [0.1, 0.15) is 6.34 Å². The monoisotopic (exact) mass is 82.0 g/mol. The lowest BCUT2D eigenvalue weighted by atomic mass is 10.9. The van der Waals surface area contributed by atoms with E-state index >= 15 is 0 Å². The SMILES string of the molecule is [C]1=CN=CNN1. The van der Waals surface area contributed by atoms with Crippen molar-refractivity contribution in [3.8, 4) is 0 Å². The van der Waals surface area contributed by atoms with Gasteiger partial charge in [0, 0.05) is 0 Å². The Morgan fingerprint density at radius 3 is 2.83 bits per heavy atom. The molecule has 31 valence electrons. The third-order valence-electron chi connectivity index (χ3n) is 0.423. The Kier molecular flexibility index (Phi) is 0.774. The van der Waals surface area contributed by atoms with Crippen LogP contribution < -0.4 is 10.9 Å². The average molecular weight is 82.1 g/mol. The second-order valence-corrected chi connectivity index (χ2v) is 0.821. The van der Waals surface area contributed by atoms with Crippen LogP contribution in [0.3, 0.4) is 0 Å². The van der Waals surface area contributed by atoms with E-state index in [1.54, 1.807) is 0 Å². The van der Waals surface area contributed by atoms with Crippen molar-refractivity contribution in [1.82, 2.24) is 10.9 Å². The molecule has 0 aromatic carbocycles. The van der Waals surface area contributed by atoms with E-state index in [1.165, 1.54) is 12.5 Å². The molecule has 0 aromatic heterocycles. The average Bonchev–Trinajstić information content (AvgIpc) is 1.72. The molecular formula is C3H4N3. The quantitative estimate of drug-likeness (QED) is 0.409. The summed E-state index contributed by atoms with van der Waals surface area (Å²) in [4.78, 5) is 3.64. The van der Waals surface area contributed by atoms with E-state index in [9.17, 15) is 0 Å². The highest BCUT2D eigenvalue weighted by atomic mass is 15.4. The fourth-order valence-electron chi connectivity index (χ4n) is 0.218. The summed E-state index contributed by atoms with van der Waals surface area (Å²) < 4.78 is 0. The minimum atomic E-state index is 1.54. The standard InChI is InChI=1S/C3H4N3/c1-2-5-6-3-4-1/h1,3,5H,(H,4,6). The van der Waals surface area contributed by atoms with E-state index in [2.05, 4.69) is 22.0 Å². The molecule has 0 fully saturated rings. The maximum absolute atomic E-state index is 3.64. The van der Waals surface area contributed by atoms with Gasteiger partial charge in [-0.1, -0.05) is 0 Å². The van der Waals surface area contributed by atoms with E-state index in [0.29, 0.717) is 0 Å². The van der Waals surface area contributed by atoms with Crippen LogP contribution in [0.5, 0.6) is 0 Å². The summed E-state index contributed by atoms with van der Waals surface area (Å²) in [6.07, 6.45) is 5.68. The lowest BCUT2D eigenvalue weighted by Crippen LogP contribution is -2.26. The molecule has 0 amide bonds. The largest absolute Gasteiger partial charge is 0.296 e. The van der Waals surface area contributed by atoms with E-state index in [-0.39, 0.29) is 0 Å². The zero-order valence-corrected chi connectivity index (χ0v) is 3.10. The van der Waals surface area contributed by atoms with Gasteiger partial charge in [-0.25, -0.2) is 4.99 Å². The molecule has 3 heteroatoms. The molecule has 0 bridgehead atoms. The molecule has 0 atom stereocenters. The molecule has 0 spiro atoms. The first-order chi connectivity index (χ1) is 3.00. The first kappa shape index (κ1) is 3.21. The molecule has 1 heterocycles. The number of hydrogen-bond donors (Lipinski definition) is 2. The van der Waals surface area contributed by atoms with E-state index in [4.69, 9.17) is 0 Å². The van der Waals surface area contributed by atoms with Gasteiger partial charge in [-0.3, -0.25) is 10.9 Å². The van der Waals surface area contributed by atoms with Crippen molar-refractivity contribution in [2.45, 2.75) is 0 Å². The van der Waals surface area contributed by atoms with Crippen LogP contribution in [-0.2, 0) is 0 Å². The summed E-state index contributed by atoms with van der Waals surface area (Å²) in [6.45, 7) is 0. The van der Waals surface area contributed by atoms with Crippen molar-refractivity contribution in [2.75, 3.05) is 0 Å². The van der Waals surface area contributed by atoms with Gasteiger partial charge in [-0.15, -0.1) is 0 Å². The van der Waals surface area contributed by atoms with Crippen molar-refractivity contribution in [1.29, 1.82) is 0 Å². The van der Waals surface area contributed by atoms with E-state index < -0.39 is 0 Å². The number of hydrazine groups is 1. The van der Waals surface area contributed by atoms with Crippen molar-refractivity contribution < 1.29 is 0 Å². The maximum Gasteiger partial charge on any atom is 0.106 e. The number of aliphatic imine (C=N–C) groups is 1.